The molecule has 0 spiro atoms. The molecule has 1 amide bonds. The summed E-state index contributed by atoms with van der Waals surface area (Å²) in [5.41, 5.74) is -0.677. The maximum absolute atomic E-state index is 13.6. The lowest BCUT2D eigenvalue weighted by molar-refractivity contribution is -0.143. The quantitative estimate of drug-likeness (QED) is 0.905. The van der Waals surface area contributed by atoms with Crippen molar-refractivity contribution in [2.75, 3.05) is 13.1 Å². The lowest BCUT2D eigenvalue weighted by Gasteiger charge is -2.17. The second kappa shape index (κ2) is 6.47. The number of aromatic nitrogens is 2. The van der Waals surface area contributed by atoms with Crippen LogP contribution in [0, 0.1) is 12.8 Å². The third-order valence-corrected chi connectivity index (χ3v) is 4.37. The van der Waals surface area contributed by atoms with E-state index >= 15 is 0 Å². The summed E-state index contributed by atoms with van der Waals surface area (Å²) in [4.78, 5) is 24.7. The number of aliphatic carboxylic acids is 1. The van der Waals surface area contributed by atoms with Crippen LogP contribution in [0.2, 0.25) is 0 Å². The SMILES string of the molecule is Cc1ccc(-n2ncc(C(=O)N3CC[C@@H](C(=O)O)C3)c2C(F)(F)F)cc1. The Kier molecular flexibility index (Phi) is 4.47. The van der Waals surface area contributed by atoms with E-state index in [2.05, 4.69) is 5.10 Å². The molecule has 3 rings (SSSR count). The van der Waals surface area contributed by atoms with Crippen molar-refractivity contribution in [2.45, 2.75) is 19.5 Å². The van der Waals surface area contributed by atoms with E-state index in [0.717, 1.165) is 16.7 Å². The fourth-order valence-electron chi connectivity index (χ4n) is 2.98. The van der Waals surface area contributed by atoms with E-state index in [-0.39, 0.29) is 25.2 Å². The van der Waals surface area contributed by atoms with E-state index in [4.69, 9.17) is 5.11 Å². The molecule has 1 aliphatic heterocycles. The molecule has 1 aliphatic rings. The molecule has 1 atom stereocenters. The molecule has 2 aromatic rings. The van der Waals surface area contributed by atoms with Gasteiger partial charge in [-0.1, -0.05) is 17.7 Å². The van der Waals surface area contributed by atoms with Gasteiger partial charge >= 0.3 is 12.1 Å². The Hall–Kier alpha value is -2.84. The molecule has 6 nitrogen and oxygen atoms in total. The number of carboxylic acids is 1. The van der Waals surface area contributed by atoms with Crippen molar-refractivity contribution >= 4 is 11.9 Å². The monoisotopic (exact) mass is 367 g/mol. The third kappa shape index (κ3) is 3.29. The first-order valence-electron chi connectivity index (χ1n) is 7.93. The van der Waals surface area contributed by atoms with Crippen LogP contribution in [-0.2, 0) is 11.0 Å². The van der Waals surface area contributed by atoms with Crippen LogP contribution in [0.3, 0.4) is 0 Å². The molecule has 0 bridgehead atoms. The molecule has 1 aromatic heterocycles. The Morgan fingerprint density at radius 3 is 2.42 bits per heavy atom. The molecule has 26 heavy (non-hydrogen) atoms. The highest BCUT2D eigenvalue weighted by Gasteiger charge is 2.42. The van der Waals surface area contributed by atoms with Gasteiger partial charge in [0.15, 0.2) is 5.69 Å². The summed E-state index contributed by atoms with van der Waals surface area (Å²) >= 11 is 0. The number of carbonyl (C=O) groups is 2. The Morgan fingerprint density at radius 2 is 1.88 bits per heavy atom. The number of likely N-dealkylation sites (tertiary alicyclic amines) is 1. The lowest BCUT2D eigenvalue weighted by atomic mass is 10.1. The summed E-state index contributed by atoms with van der Waals surface area (Å²) in [5, 5.41) is 12.8. The molecular weight excluding hydrogens is 351 g/mol. The smallest absolute Gasteiger partial charge is 0.434 e. The molecule has 2 heterocycles. The first kappa shape index (κ1) is 18.0. The van der Waals surface area contributed by atoms with Gasteiger partial charge in [0.2, 0.25) is 0 Å². The number of hydrogen-bond acceptors (Lipinski definition) is 3. The van der Waals surface area contributed by atoms with Gasteiger partial charge in [0.1, 0.15) is 0 Å². The summed E-state index contributed by atoms with van der Waals surface area (Å²) in [6.07, 6.45) is -3.69. The first-order chi connectivity index (χ1) is 12.2. The number of halogens is 3. The number of benzene rings is 1. The molecule has 0 aliphatic carbocycles. The average Bonchev–Trinajstić information content (AvgIpc) is 3.22. The standard InChI is InChI=1S/C17H16F3N3O3/c1-10-2-4-12(5-3-10)23-14(17(18,19)20)13(8-21-23)15(24)22-7-6-11(9-22)16(25)26/h2-5,8,11H,6-7,9H2,1H3,(H,25,26)/t11-/m1/s1. The van der Waals surface area contributed by atoms with Gasteiger partial charge in [0.25, 0.3) is 5.91 Å². The van der Waals surface area contributed by atoms with Gasteiger partial charge in [-0.05, 0) is 25.5 Å². The minimum absolute atomic E-state index is 0.100. The van der Waals surface area contributed by atoms with Crippen molar-refractivity contribution in [1.82, 2.24) is 14.7 Å². The van der Waals surface area contributed by atoms with Crippen LogP contribution in [-0.4, -0.2) is 44.8 Å². The summed E-state index contributed by atoms with van der Waals surface area (Å²) in [6.45, 7) is 1.79. The van der Waals surface area contributed by atoms with Gasteiger partial charge in [-0.2, -0.15) is 18.3 Å². The highest BCUT2D eigenvalue weighted by atomic mass is 19.4. The summed E-state index contributed by atoms with van der Waals surface area (Å²) in [6, 6.07) is 6.28. The number of hydrogen-bond donors (Lipinski definition) is 1. The number of nitrogens with zero attached hydrogens (tertiary/aromatic N) is 3. The number of alkyl halides is 3. The predicted octanol–water partition coefficient (Wildman–Crippen LogP) is 2.75. The molecule has 0 saturated carbocycles. The topological polar surface area (TPSA) is 75.4 Å². The fourth-order valence-corrected chi connectivity index (χ4v) is 2.98. The Balaban J connectivity index is 1.99. The van der Waals surface area contributed by atoms with Gasteiger partial charge in [0.05, 0.1) is 23.4 Å². The zero-order valence-electron chi connectivity index (χ0n) is 13.8. The summed E-state index contributed by atoms with van der Waals surface area (Å²) in [5.74, 6) is -2.69. The van der Waals surface area contributed by atoms with Crippen molar-refractivity contribution in [2.24, 2.45) is 5.92 Å². The Morgan fingerprint density at radius 1 is 1.23 bits per heavy atom. The molecule has 1 N–H and O–H groups in total. The van der Waals surface area contributed by atoms with Crippen LogP contribution in [0.4, 0.5) is 13.2 Å². The van der Waals surface area contributed by atoms with Gasteiger partial charge in [-0.25, -0.2) is 4.68 Å². The van der Waals surface area contributed by atoms with E-state index < -0.39 is 35.2 Å². The number of carbonyl (C=O) groups excluding carboxylic acids is 1. The number of aryl methyl sites for hydroxylation is 1. The zero-order chi connectivity index (χ0) is 19.1. The van der Waals surface area contributed by atoms with Crippen molar-refractivity contribution in [3.05, 3.63) is 47.3 Å². The Labute approximate surface area is 146 Å². The van der Waals surface area contributed by atoms with Crippen LogP contribution in [0.1, 0.15) is 28.0 Å². The van der Waals surface area contributed by atoms with Crippen molar-refractivity contribution in [3.63, 3.8) is 0 Å². The van der Waals surface area contributed by atoms with Gasteiger partial charge < -0.3 is 10.0 Å². The molecule has 0 unspecified atom stereocenters. The average molecular weight is 367 g/mol. The van der Waals surface area contributed by atoms with Crippen LogP contribution >= 0.6 is 0 Å². The van der Waals surface area contributed by atoms with E-state index in [1.165, 1.54) is 12.1 Å². The van der Waals surface area contributed by atoms with Crippen LogP contribution in [0.5, 0.6) is 0 Å². The summed E-state index contributed by atoms with van der Waals surface area (Å²) in [7, 11) is 0. The molecule has 1 aromatic carbocycles. The highest BCUT2D eigenvalue weighted by Crippen LogP contribution is 2.34. The van der Waals surface area contributed by atoms with E-state index in [1.54, 1.807) is 19.1 Å². The molecule has 1 fully saturated rings. The molecule has 9 heteroatoms. The molecule has 1 saturated heterocycles. The summed E-state index contributed by atoms with van der Waals surface area (Å²) < 4.78 is 41.6. The minimum atomic E-state index is -4.79. The highest BCUT2D eigenvalue weighted by molar-refractivity contribution is 5.96. The van der Waals surface area contributed by atoms with Gasteiger partial charge in [0, 0.05) is 13.1 Å². The van der Waals surface area contributed by atoms with Crippen molar-refractivity contribution in [1.29, 1.82) is 0 Å². The zero-order valence-corrected chi connectivity index (χ0v) is 13.8. The van der Waals surface area contributed by atoms with E-state index in [1.807, 2.05) is 0 Å². The first-order valence-corrected chi connectivity index (χ1v) is 7.93. The number of carboxylic acid groups (broad SMARTS) is 1. The van der Waals surface area contributed by atoms with Gasteiger partial charge in [-0.15, -0.1) is 0 Å². The Bertz CT molecular complexity index is 843. The maximum Gasteiger partial charge on any atom is 0.434 e. The number of amides is 1. The second-order valence-corrected chi connectivity index (χ2v) is 6.23. The van der Waals surface area contributed by atoms with E-state index in [9.17, 15) is 22.8 Å². The second-order valence-electron chi connectivity index (χ2n) is 6.23. The molecule has 0 radical (unpaired) electrons. The molecule has 138 valence electrons. The van der Waals surface area contributed by atoms with E-state index in [0.29, 0.717) is 4.68 Å². The predicted molar refractivity (Wildman–Crippen MR) is 84.9 cm³/mol. The van der Waals surface area contributed by atoms with Crippen molar-refractivity contribution < 1.29 is 27.9 Å². The largest absolute Gasteiger partial charge is 0.481 e. The van der Waals surface area contributed by atoms with Gasteiger partial charge in [-0.3, -0.25) is 9.59 Å². The maximum atomic E-state index is 13.6. The van der Waals surface area contributed by atoms with Crippen LogP contribution in [0.15, 0.2) is 30.5 Å². The lowest BCUT2D eigenvalue weighted by Crippen LogP contribution is -2.31. The molecular formula is C17H16F3N3O3. The van der Waals surface area contributed by atoms with Crippen LogP contribution < -0.4 is 0 Å². The van der Waals surface area contributed by atoms with Crippen molar-refractivity contribution in [3.8, 4) is 5.69 Å². The minimum Gasteiger partial charge on any atom is -0.481 e. The van der Waals surface area contributed by atoms with Crippen LogP contribution in [0.25, 0.3) is 5.69 Å². The number of rotatable bonds is 3. The fraction of sp³-hybridized carbons (Fsp3) is 0.353. The third-order valence-electron chi connectivity index (χ3n) is 4.37. The normalized spacial score (nSPS) is 17.5.